The van der Waals surface area contributed by atoms with E-state index in [4.69, 9.17) is 4.74 Å². The van der Waals surface area contributed by atoms with Gasteiger partial charge in [0.1, 0.15) is 23.8 Å². The van der Waals surface area contributed by atoms with E-state index >= 15 is 0 Å². The normalized spacial score (nSPS) is 14.1. The Morgan fingerprint density at radius 3 is 2.38 bits per heavy atom. The molecule has 3 aromatic rings. The zero-order chi connectivity index (χ0) is 20.3. The molecule has 1 aliphatic heterocycles. The van der Waals surface area contributed by atoms with E-state index < -0.39 is 9.84 Å². The fraction of sp³-hybridized carbons (Fsp3) is 0.211. The molecule has 0 spiro atoms. The summed E-state index contributed by atoms with van der Waals surface area (Å²) in [6, 6.07) is 12.5. The fourth-order valence-corrected chi connectivity index (χ4v) is 3.61. The summed E-state index contributed by atoms with van der Waals surface area (Å²) in [5.41, 5.74) is 1.37. The van der Waals surface area contributed by atoms with Gasteiger partial charge in [-0.2, -0.15) is 0 Å². The van der Waals surface area contributed by atoms with Crippen LogP contribution in [0, 0.1) is 0 Å². The number of rotatable bonds is 7. The first-order valence-corrected chi connectivity index (χ1v) is 10.8. The lowest BCUT2D eigenvalue weighted by Gasteiger charge is -2.27. The first-order valence-electron chi connectivity index (χ1n) is 8.93. The van der Waals surface area contributed by atoms with Gasteiger partial charge in [0.25, 0.3) is 0 Å². The Labute approximate surface area is 168 Å². The fourth-order valence-electron chi connectivity index (χ4n) is 2.76. The Morgan fingerprint density at radius 2 is 1.72 bits per heavy atom. The zero-order valence-electron chi connectivity index (χ0n) is 15.7. The molecule has 0 radical (unpaired) electrons. The molecule has 10 heteroatoms. The van der Waals surface area contributed by atoms with Crippen molar-refractivity contribution >= 4 is 38.7 Å². The monoisotopic (exact) mass is 412 g/mol. The Morgan fingerprint density at radius 1 is 0.966 bits per heavy atom. The van der Waals surface area contributed by atoms with Crippen molar-refractivity contribution in [1.29, 1.82) is 0 Å². The SMILES string of the molecule is CS(=O)(=O)c1ccccc1Nc1cc(Nc2ccc(NC3COC3)cn2)ncn1. The lowest BCUT2D eigenvalue weighted by atomic mass is 10.2. The molecular formula is C19H20N6O3S. The number of para-hydroxylation sites is 1. The number of sulfone groups is 1. The highest BCUT2D eigenvalue weighted by Crippen LogP contribution is 2.25. The summed E-state index contributed by atoms with van der Waals surface area (Å²) < 4.78 is 29.1. The van der Waals surface area contributed by atoms with Crippen molar-refractivity contribution in [2.45, 2.75) is 10.9 Å². The van der Waals surface area contributed by atoms with Gasteiger partial charge in [-0.15, -0.1) is 0 Å². The second-order valence-corrected chi connectivity index (χ2v) is 8.60. The van der Waals surface area contributed by atoms with Gasteiger partial charge < -0.3 is 20.7 Å². The van der Waals surface area contributed by atoms with Crippen molar-refractivity contribution < 1.29 is 13.2 Å². The maximum absolute atomic E-state index is 12.0. The number of hydrogen-bond donors (Lipinski definition) is 3. The predicted molar refractivity (Wildman–Crippen MR) is 111 cm³/mol. The third kappa shape index (κ3) is 4.79. The van der Waals surface area contributed by atoms with Gasteiger partial charge >= 0.3 is 0 Å². The van der Waals surface area contributed by atoms with E-state index in [0.717, 1.165) is 5.69 Å². The largest absolute Gasteiger partial charge is 0.377 e. The summed E-state index contributed by atoms with van der Waals surface area (Å²) in [6.07, 6.45) is 4.30. The number of anilines is 5. The minimum atomic E-state index is -3.37. The van der Waals surface area contributed by atoms with E-state index in [1.54, 1.807) is 36.5 Å². The van der Waals surface area contributed by atoms with Crippen molar-refractivity contribution in [2.75, 3.05) is 35.4 Å². The van der Waals surface area contributed by atoms with Gasteiger partial charge in [0, 0.05) is 12.3 Å². The Hall–Kier alpha value is -3.24. The minimum Gasteiger partial charge on any atom is -0.377 e. The van der Waals surface area contributed by atoms with Crippen molar-refractivity contribution in [3.63, 3.8) is 0 Å². The van der Waals surface area contributed by atoms with E-state index in [9.17, 15) is 8.42 Å². The summed E-state index contributed by atoms with van der Waals surface area (Å²) in [4.78, 5) is 12.9. The highest BCUT2D eigenvalue weighted by molar-refractivity contribution is 7.90. The molecule has 3 N–H and O–H groups in total. The number of aromatic nitrogens is 3. The summed E-state index contributed by atoms with van der Waals surface area (Å²) in [5.74, 6) is 1.61. The van der Waals surface area contributed by atoms with Gasteiger partial charge in [-0.1, -0.05) is 12.1 Å². The third-order valence-corrected chi connectivity index (χ3v) is 5.40. The summed E-state index contributed by atoms with van der Waals surface area (Å²) >= 11 is 0. The lowest BCUT2D eigenvalue weighted by Crippen LogP contribution is -2.40. The molecule has 1 fully saturated rings. The second kappa shape index (κ2) is 8.02. The molecule has 3 heterocycles. The standard InChI is InChI=1S/C19H20N6O3S/c1-29(26,27)16-5-3-2-4-15(16)24-18-8-19(22-12-21-18)25-17-7-6-13(9-20-17)23-14-10-28-11-14/h2-9,12,14,23H,10-11H2,1H3,(H2,20,21,22,24,25). The van der Waals surface area contributed by atoms with Crippen LogP contribution in [0.4, 0.5) is 28.8 Å². The average molecular weight is 412 g/mol. The van der Waals surface area contributed by atoms with Crippen LogP contribution in [-0.4, -0.2) is 48.9 Å². The van der Waals surface area contributed by atoms with Crippen molar-refractivity contribution in [1.82, 2.24) is 15.0 Å². The molecule has 1 aliphatic rings. The molecule has 1 saturated heterocycles. The van der Waals surface area contributed by atoms with Crippen LogP contribution in [0.25, 0.3) is 0 Å². The van der Waals surface area contributed by atoms with Crippen LogP contribution in [0.2, 0.25) is 0 Å². The number of ether oxygens (including phenoxy) is 1. The van der Waals surface area contributed by atoms with Crippen LogP contribution in [0.15, 0.2) is 59.9 Å². The van der Waals surface area contributed by atoms with Gasteiger partial charge in [-0.05, 0) is 24.3 Å². The molecule has 0 saturated carbocycles. The van der Waals surface area contributed by atoms with Crippen LogP contribution in [0.1, 0.15) is 0 Å². The number of nitrogens with one attached hydrogen (secondary N) is 3. The summed E-state index contributed by atoms with van der Waals surface area (Å²) in [5, 5.41) is 9.47. The van der Waals surface area contributed by atoms with Crippen LogP contribution >= 0.6 is 0 Å². The van der Waals surface area contributed by atoms with Gasteiger partial charge in [0.15, 0.2) is 9.84 Å². The van der Waals surface area contributed by atoms with Crippen molar-refractivity contribution in [3.05, 3.63) is 55.0 Å². The number of nitrogens with zero attached hydrogens (tertiary/aromatic N) is 3. The number of benzene rings is 1. The molecule has 2 aromatic heterocycles. The summed E-state index contributed by atoms with van der Waals surface area (Å²) in [6.45, 7) is 1.42. The van der Waals surface area contributed by atoms with E-state index in [-0.39, 0.29) is 4.90 Å². The molecule has 150 valence electrons. The summed E-state index contributed by atoms with van der Waals surface area (Å²) in [7, 11) is -3.37. The van der Waals surface area contributed by atoms with Crippen LogP contribution in [-0.2, 0) is 14.6 Å². The Bertz CT molecular complexity index is 1100. The average Bonchev–Trinajstić information content (AvgIpc) is 2.66. The molecule has 0 atom stereocenters. The third-order valence-electron chi connectivity index (χ3n) is 4.24. The molecule has 0 unspecified atom stereocenters. The first-order chi connectivity index (χ1) is 14.0. The van der Waals surface area contributed by atoms with Crippen molar-refractivity contribution in [2.24, 2.45) is 0 Å². The molecule has 0 aliphatic carbocycles. The molecule has 1 aromatic carbocycles. The zero-order valence-corrected chi connectivity index (χ0v) is 16.5. The maximum Gasteiger partial charge on any atom is 0.177 e. The van der Waals surface area contributed by atoms with Gasteiger partial charge in [0.05, 0.1) is 41.7 Å². The lowest BCUT2D eigenvalue weighted by molar-refractivity contribution is 0.0211. The van der Waals surface area contributed by atoms with Gasteiger partial charge in [-0.25, -0.2) is 23.4 Å². The highest BCUT2D eigenvalue weighted by Gasteiger charge is 2.17. The topological polar surface area (TPSA) is 118 Å². The first kappa shape index (κ1) is 19.1. The smallest absolute Gasteiger partial charge is 0.177 e. The number of hydrogen-bond acceptors (Lipinski definition) is 9. The number of pyridine rings is 1. The van der Waals surface area contributed by atoms with Crippen LogP contribution in [0.3, 0.4) is 0 Å². The molecular weight excluding hydrogens is 392 g/mol. The maximum atomic E-state index is 12.0. The van der Waals surface area contributed by atoms with E-state index in [1.807, 2.05) is 12.1 Å². The quantitative estimate of drug-likeness (QED) is 0.538. The molecule has 4 rings (SSSR count). The van der Waals surface area contributed by atoms with Gasteiger partial charge in [0.2, 0.25) is 0 Å². The second-order valence-electron chi connectivity index (χ2n) is 6.62. The van der Waals surface area contributed by atoms with Crippen molar-refractivity contribution in [3.8, 4) is 0 Å². The van der Waals surface area contributed by atoms with Gasteiger partial charge in [-0.3, -0.25) is 0 Å². The molecule has 0 amide bonds. The van der Waals surface area contributed by atoms with Crippen LogP contribution in [0.5, 0.6) is 0 Å². The Kier molecular flexibility index (Phi) is 5.28. The highest BCUT2D eigenvalue weighted by atomic mass is 32.2. The molecule has 0 bridgehead atoms. The Balaban J connectivity index is 1.47. The molecule has 9 nitrogen and oxygen atoms in total. The van der Waals surface area contributed by atoms with Crippen LogP contribution < -0.4 is 16.0 Å². The minimum absolute atomic E-state index is 0.203. The molecule has 29 heavy (non-hydrogen) atoms. The van der Waals surface area contributed by atoms with E-state index in [2.05, 4.69) is 30.9 Å². The van der Waals surface area contributed by atoms with E-state index in [1.165, 1.54) is 12.6 Å². The predicted octanol–water partition coefficient (Wildman–Crippen LogP) is 2.57. The van der Waals surface area contributed by atoms with E-state index in [0.29, 0.717) is 42.4 Å².